The highest BCUT2D eigenvalue weighted by Gasteiger charge is 2.31. The van der Waals surface area contributed by atoms with E-state index in [1.165, 1.54) is 24.3 Å². The van der Waals surface area contributed by atoms with Gasteiger partial charge in [0.05, 0.1) is 11.0 Å². The van der Waals surface area contributed by atoms with E-state index in [1.54, 1.807) is 31.2 Å². The average molecular weight is 427 g/mol. The fourth-order valence-corrected chi connectivity index (χ4v) is 3.26. The van der Waals surface area contributed by atoms with E-state index in [-0.39, 0.29) is 5.88 Å². The SMILES string of the molecule is C#CC(C)(CCCc1cc(F)cc(Oc2ccccc2)n1)c1ccc(C(F)(F)F)cc1. The number of rotatable bonds is 7. The number of aryl methyl sites for hydroxylation is 1. The molecular formula is C25H21F4NO. The lowest BCUT2D eigenvalue weighted by Gasteiger charge is -2.24. The molecule has 0 radical (unpaired) electrons. The van der Waals surface area contributed by atoms with Gasteiger partial charge in [0.15, 0.2) is 0 Å². The van der Waals surface area contributed by atoms with Crippen LogP contribution in [0.25, 0.3) is 0 Å². The second-order valence-corrected chi connectivity index (χ2v) is 7.44. The average Bonchev–Trinajstić information content (AvgIpc) is 2.73. The van der Waals surface area contributed by atoms with Crippen LogP contribution < -0.4 is 4.74 Å². The number of benzene rings is 2. The minimum absolute atomic E-state index is 0.156. The first kappa shape index (κ1) is 22.4. The van der Waals surface area contributed by atoms with E-state index in [0.717, 1.165) is 12.1 Å². The van der Waals surface area contributed by atoms with Gasteiger partial charge in [-0.25, -0.2) is 9.37 Å². The third-order valence-electron chi connectivity index (χ3n) is 5.06. The van der Waals surface area contributed by atoms with Crippen molar-refractivity contribution in [2.75, 3.05) is 0 Å². The van der Waals surface area contributed by atoms with Gasteiger partial charge in [0.25, 0.3) is 0 Å². The van der Waals surface area contributed by atoms with Gasteiger partial charge in [-0.15, -0.1) is 6.42 Å². The van der Waals surface area contributed by atoms with Crippen LogP contribution in [0.15, 0.2) is 66.7 Å². The molecule has 6 heteroatoms. The Morgan fingerprint density at radius 2 is 1.61 bits per heavy atom. The third kappa shape index (κ3) is 5.85. The van der Waals surface area contributed by atoms with E-state index in [9.17, 15) is 17.6 Å². The number of halogens is 4. The lowest BCUT2D eigenvalue weighted by molar-refractivity contribution is -0.137. The van der Waals surface area contributed by atoms with E-state index in [4.69, 9.17) is 11.2 Å². The number of hydrogen-bond acceptors (Lipinski definition) is 2. The van der Waals surface area contributed by atoms with Crippen LogP contribution in [0, 0.1) is 18.2 Å². The van der Waals surface area contributed by atoms with Gasteiger partial charge in [0.1, 0.15) is 11.6 Å². The van der Waals surface area contributed by atoms with E-state index in [0.29, 0.717) is 36.3 Å². The van der Waals surface area contributed by atoms with Crippen molar-refractivity contribution >= 4 is 0 Å². The summed E-state index contributed by atoms with van der Waals surface area (Å²) < 4.78 is 58.0. The molecule has 2 aromatic carbocycles. The number of aromatic nitrogens is 1. The molecule has 0 saturated heterocycles. The van der Waals surface area contributed by atoms with Crippen molar-refractivity contribution in [3.8, 4) is 24.0 Å². The maximum atomic E-state index is 14.0. The van der Waals surface area contributed by atoms with Crippen molar-refractivity contribution < 1.29 is 22.3 Å². The molecule has 0 bridgehead atoms. The second-order valence-electron chi connectivity index (χ2n) is 7.44. The minimum atomic E-state index is -4.40. The van der Waals surface area contributed by atoms with Gasteiger partial charge in [-0.1, -0.05) is 36.3 Å². The number of pyridine rings is 1. The van der Waals surface area contributed by atoms with Crippen LogP contribution >= 0.6 is 0 Å². The molecule has 0 aliphatic rings. The quantitative estimate of drug-likeness (QED) is 0.301. The summed E-state index contributed by atoms with van der Waals surface area (Å²) in [6, 6.07) is 16.4. The van der Waals surface area contributed by atoms with E-state index >= 15 is 0 Å². The van der Waals surface area contributed by atoms with E-state index in [1.807, 2.05) is 6.07 Å². The standard InChI is InChI=1S/C25H21F4NO/c1-3-24(2,18-11-13-19(14-12-18)25(27,28)29)15-7-8-21-16-20(26)17-23(30-21)31-22-9-5-4-6-10-22/h1,4-6,9-14,16-17H,7-8,15H2,2H3. The molecule has 1 heterocycles. The van der Waals surface area contributed by atoms with Gasteiger partial charge in [-0.05, 0) is 62.1 Å². The molecular weight excluding hydrogens is 406 g/mol. The van der Waals surface area contributed by atoms with Gasteiger partial charge < -0.3 is 4.74 Å². The lowest BCUT2D eigenvalue weighted by atomic mass is 9.78. The van der Waals surface area contributed by atoms with Crippen molar-refractivity contribution in [1.29, 1.82) is 0 Å². The summed E-state index contributed by atoms with van der Waals surface area (Å²) in [5.74, 6) is 2.94. The van der Waals surface area contributed by atoms with Crippen LogP contribution in [0.5, 0.6) is 11.6 Å². The van der Waals surface area contributed by atoms with Gasteiger partial charge in [-0.3, -0.25) is 0 Å². The highest BCUT2D eigenvalue weighted by molar-refractivity contribution is 5.36. The number of terminal acetylenes is 1. The van der Waals surface area contributed by atoms with Crippen LogP contribution in [0.4, 0.5) is 17.6 Å². The Morgan fingerprint density at radius 1 is 0.968 bits per heavy atom. The zero-order valence-corrected chi connectivity index (χ0v) is 16.9. The van der Waals surface area contributed by atoms with Crippen LogP contribution in [0.2, 0.25) is 0 Å². The summed E-state index contributed by atoms with van der Waals surface area (Å²) in [4.78, 5) is 4.35. The Morgan fingerprint density at radius 3 is 2.23 bits per heavy atom. The molecule has 0 amide bonds. The molecule has 160 valence electrons. The zero-order valence-electron chi connectivity index (χ0n) is 16.9. The monoisotopic (exact) mass is 427 g/mol. The first-order chi connectivity index (χ1) is 14.7. The summed E-state index contributed by atoms with van der Waals surface area (Å²) in [6.07, 6.45) is 2.83. The fraction of sp³-hybridized carbons (Fsp3) is 0.240. The van der Waals surface area contributed by atoms with Crippen molar-refractivity contribution in [1.82, 2.24) is 4.98 Å². The molecule has 1 atom stereocenters. The molecule has 0 saturated carbocycles. The molecule has 0 fully saturated rings. The molecule has 0 N–H and O–H groups in total. The van der Waals surface area contributed by atoms with Crippen LogP contribution in [0.1, 0.15) is 36.6 Å². The van der Waals surface area contributed by atoms with E-state index < -0.39 is 23.0 Å². The summed E-state index contributed by atoms with van der Waals surface area (Å²) in [7, 11) is 0. The highest BCUT2D eigenvalue weighted by atomic mass is 19.4. The van der Waals surface area contributed by atoms with Crippen molar-refractivity contribution in [3.63, 3.8) is 0 Å². The first-order valence-corrected chi connectivity index (χ1v) is 9.74. The number of ether oxygens (including phenoxy) is 1. The first-order valence-electron chi connectivity index (χ1n) is 9.74. The van der Waals surface area contributed by atoms with Crippen LogP contribution in [0.3, 0.4) is 0 Å². The summed E-state index contributed by atoms with van der Waals surface area (Å²) in [5.41, 5.74) is -0.326. The van der Waals surface area contributed by atoms with Crippen LogP contribution in [-0.4, -0.2) is 4.98 Å². The van der Waals surface area contributed by atoms with Gasteiger partial charge >= 0.3 is 6.18 Å². The molecule has 1 unspecified atom stereocenters. The maximum absolute atomic E-state index is 14.0. The molecule has 2 nitrogen and oxygen atoms in total. The largest absolute Gasteiger partial charge is 0.439 e. The number of nitrogens with zero attached hydrogens (tertiary/aromatic N) is 1. The number of hydrogen-bond donors (Lipinski definition) is 0. The zero-order chi connectivity index (χ0) is 22.5. The van der Waals surface area contributed by atoms with E-state index in [2.05, 4.69) is 10.9 Å². The van der Waals surface area contributed by atoms with Crippen molar-refractivity contribution in [3.05, 3.63) is 89.4 Å². The summed E-state index contributed by atoms with van der Waals surface area (Å²) in [5, 5.41) is 0. The molecule has 3 rings (SSSR count). The van der Waals surface area contributed by atoms with Crippen molar-refractivity contribution in [2.45, 2.75) is 37.8 Å². The smallest absolute Gasteiger partial charge is 0.416 e. The van der Waals surface area contributed by atoms with Crippen LogP contribution in [-0.2, 0) is 18.0 Å². The molecule has 0 aliphatic heterocycles. The summed E-state index contributed by atoms with van der Waals surface area (Å²) >= 11 is 0. The summed E-state index contributed by atoms with van der Waals surface area (Å²) in [6.45, 7) is 1.80. The van der Waals surface area contributed by atoms with Gasteiger partial charge in [0.2, 0.25) is 5.88 Å². The molecule has 1 aromatic heterocycles. The number of para-hydroxylation sites is 1. The predicted molar refractivity (Wildman–Crippen MR) is 111 cm³/mol. The van der Waals surface area contributed by atoms with Crippen molar-refractivity contribution in [2.24, 2.45) is 0 Å². The number of alkyl halides is 3. The Labute approximate surface area is 178 Å². The Hall–Kier alpha value is -3.33. The fourth-order valence-electron chi connectivity index (χ4n) is 3.26. The molecule has 3 aromatic rings. The Bertz CT molecular complexity index is 1060. The Kier molecular flexibility index (Phi) is 6.65. The molecule has 0 aliphatic carbocycles. The topological polar surface area (TPSA) is 22.1 Å². The lowest BCUT2D eigenvalue weighted by Crippen LogP contribution is -2.20. The highest BCUT2D eigenvalue weighted by Crippen LogP contribution is 2.33. The normalized spacial score (nSPS) is 13.3. The maximum Gasteiger partial charge on any atom is 0.416 e. The van der Waals surface area contributed by atoms with Gasteiger partial charge in [-0.2, -0.15) is 13.2 Å². The second kappa shape index (κ2) is 9.22. The Balaban J connectivity index is 1.67. The third-order valence-corrected chi connectivity index (χ3v) is 5.06. The predicted octanol–water partition coefficient (Wildman–Crippen LogP) is 6.95. The minimum Gasteiger partial charge on any atom is -0.439 e. The molecule has 0 spiro atoms. The molecule has 31 heavy (non-hydrogen) atoms. The van der Waals surface area contributed by atoms with Gasteiger partial charge in [0, 0.05) is 11.8 Å².